The van der Waals surface area contributed by atoms with Crippen molar-refractivity contribution >= 4 is 39.8 Å². The quantitative estimate of drug-likeness (QED) is 0.342. The van der Waals surface area contributed by atoms with Gasteiger partial charge < -0.3 is 15.7 Å². The Morgan fingerprint density at radius 2 is 2.17 bits per heavy atom. The van der Waals surface area contributed by atoms with E-state index in [0.29, 0.717) is 18.9 Å². The van der Waals surface area contributed by atoms with E-state index in [1.54, 1.807) is 12.1 Å². The molecule has 2 atom stereocenters. The summed E-state index contributed by atoms with van der Waals surface area (Å²) in [6.07, 6.45) is -0.526. The van der Waals surface area contributed by atoms with Crippen LogP contribution >= 0.6 is 24.0 Å². The van der Waals surface area contributed by atoms with Crippen molar-refractivity contribution in [2.24, 2.45) is 4.99 Å². The van der Waals surface area contributed by atoms with Crippen LogP contribution in [0.2, 0.25) is 0 Å². The molecule has 1 fully saturated rings. The van der Waals surface area contributed by atoms with Crippen LogP contribution in [0.4, 0.5) is 4.39 Å². The van der Waals surface area contributed by atoms with Crippen LogP contribution in [0.1, 0.15) is 25.0 Å². The summed E-state index contributed by atoms with van der Waals surface area (Å²) in [7, 11) is -2.98. The Kier molecular flexibility index (Phi) is 8.37. The van der Waals surface area contributed by atoms with Crippen molar-refractivity contribution in [1.29, 1.82) is 0 Å². The summed E-state index contributed by atoms with van der Waals surface area (Å²) in [5.41, 5.74) is 0.190. The van der Waals surface area contributed by atoms with Crippen molar-refractivity contribution in [2.45, 2.75) is 25.5 Å². The normalized spacial score (nSPS) is 21.0. The number of hydrogen-bond donors (Lipinski definition) is 3. The van der Waals surface area contributed by atoms with Crippen LogP contribution in [0.3, 0.4) is 0 Å². The van der Waals surface area contributed by atoms with E-state index in [4.69, 9.17) is 0 Å². The second-order valence-electron chi connectivity index (χ2n) is 5.50. The number of aliphatic imine (C=N–C) groups is 1. The van der Waals surface area contributed by atoms with Crippen molar-refractivity contribution in [1.82, 2.24) is 10.6 Å². The minimum Gasteiger partial charge on any atom is -0.386 e. The molecule has 1 saturated heterocycles. The second-order valence-corrected chi connectivity index (χ2v) is 7.73. The van der Waals surface area contributed by atoms with E-state index in [9.17, 15) is 17.9 Å². The molecule has 1 aromatic rings. The highest BCUT2D eigenvalue weighted by molar-refractivity contribution is 14.0. The Morgan fingerprint density at radius 3 is 2.75 bits per heavy atom. The van der Waals surface area contributed by atoms with Gasteiger partial charge in [0, 0.05) is 18.2 Å². The van der Waals surface area contributed by atoms with E-state index >= 15 is 0 Å². The number of aliphatic hydroxyl groups is 1. The summed E-state index contributed by atoms with van der Waals surface area (Å²) in [5, 5.41) is 16.1. The third-order valence-corrected chi connectivity index (χ3v) is 5.37. The average Bonchev–Trinajstić information content (AvgIpc) is 2.84. The van der Waals surface area contributed by atoms with Gasteiger partial charge in [-0.3, -0.25) is 4.99 Å². The van der Waals surface area contributed by atoms with E-state index in [1.165, 1.54) is 12.1 Å². The molecule has 136 valence electrons. The minimum atomic E-state index is -2.98. The fourth-order valence-electron chi connectivity index (χ4n) is 2.44. The molecule has 3 N–H and O–H groups in total. The smallest absolute Gasteiger partial charge is 0.191 e. The Hall–Kier alpha value is -0.940. The molecular formula is C15H23FIN3O3S. The lowest BCUT2D eigenvalue weighted by Crippen LogP contribution is -2.44. The van der Waals surface area contributed by atoms with Crippen LogP contribution in [-0.4, -0.2) is 50.1 Å². The van der Waals surface area contributed by atoms with E-state index in [2.05, 4.69) is 15.6 Å². The van der Waals surface area contributed by atoms with Gasteiger partial charge in [-0.2, -0.15) is 0 Å². The molecule has 2 rings (SSSR count). The van der Waals surface area contributed by atoms with Gasteiger partial charge >= 0.3 is 0 Å². The Morgan fingerprint density at radius 1 is 1.46 bits per heavy atom. The SMILES string of the molecule is CCNC(=NCC(O)c1ccccc1F)NC1CCS(=O)(=O)C1.I. The maximum Gasteiger partial charge on any atom is 0.191 e. The van der Waals surface area contributed by atoms with Gasteiger partial charge in [0.15, 0.2) is 15.8 Å². The van der Waals surface area contributed by atoms with Crippen LogP contribution in [0.5, 0.6) is 0 Å². The van der Waals surface area contributed by atoms with Crippen molar-refractivity contribution in [2.75, 3.05) is 24.6 Å². The van der Waals surface area contributed by atoms with E-state index in [0.717, 1.165) is 0 Å². The van der Waals surface area contributed by atoms with Crippen LogP contribution < -0.4 is 10.6 Å². The van der Waals surface area contributed by atoms with Crippen LogP contribution in [0, 0.1) is 5.82 Å². The zero-order valence-corrected chi connectivity index (χ0v) is 16.6. The van der Waals surface area contributed by atoms with Crippen molar-refractivity contribution in [3.63, 3.8) is 0 Å². The molecule has 0 saturated carbocycles. The number of hydrogen-bond acceptors (Lipinski definition) is 4. The van der Waals surface area contributed by atoms with Crippen LogP contribution in [0.15, 0.2) is 29.3 Å². The molecule has 0 spiro atoms. The molecule has 0 bridgehead atoms. The summed E-state index contributed by atoms with van der Waals surface area (Å²) < 4.78 is 36.6. The van der Waals surface area contributed by atoms with Crippen molar-refractivity contribution in [3.8, 4) is 0 Å². The van der Waals surface area contributed by atoms with E-state index < -0.39 is 21.8 Å². The molecule has 1 aliphatic rings. The number of nitrogens with zero attached hydrogens (tertiary/aromatic N) is 1. The van der Waals surface area contributed by atoms with Crippen molar-refractivity contribution in [3.05, 3.63) is 35.6 Å². The van der Waals surface area contributed by atoms with Gasteiger partial charge in [-0.05, 0) is 19.4 Å². The van der Waals surface area contributed by atoms with Crippen LogP contribution in [-0.2, 0) is 9.84 Å². The molecule has 6 nitrogen and oxygen atoms in total. The first-order chi connectivity index (χ1) is 10.9. The van der Waals surface area contributed by atoms with Crippen LogP contribution in [0.25, 0.3) is 0 Å². The number of halogens is 2. The first-order valence-corrected chi connectivity index (χ1v) is 9.41. The first-order valence-electron chi connectivity index (χ1n) is 7.59. The molecule has 2 unspecified atom stereocenters. The highest BCUT2D eigenvalue weighted by Crippen LogP contribution is 2.17. The second kappa shape index (κ2) is 9.52. The highest BCUT2D eigenvalue weighted by Gasteiger charge is 2.28. The van der Waals surface area contributed by atoms with Crippen molar-refractivity contribution < 1.29 is 17.9 Å². The monoisotopic (exact) mass is 471 g/mol. The molecule has 1 aliphatic heterocycles. The van der Waals surface area contributed by atoms with Gasteiger partial charge in [-0.25, -0.2) is 12.8 Å². The molecule has 0 aliphatic carbocycles. The first kappa shape index (κ1) is 21.1. The van der Waals surface area contributed by atoms with E-state index in [1.807, 2.05) is 6.92 Å². The topological polar surface area (TPSA) is 90.8 Å². The Balaban J connectivity index is 0.00000288. The molecule has 9 heteroatoms. The summed E-state index contributed by atoms with van der Waals surface area (Å²) in [6.45, 7) is 2.46. The minimum absolute atomic E-state index is 0. The third kappa shape index (κ3) is 6.17. The average molecular weight is 471 g/mol. The van der Waals surface area contributed by atoms with Gasteiger partial charge in [-0.15, -0.1) is 24.0 Å². The maximum absolute atomic E-state index is 13.6. The molecule has 24 heavy (non-hydrogen) atoms. The molecule has 1 aromatic carbocycles. The molecule has 0 amide bonds. The standard InChI is InChI=1S/C15H22FN3O3S.HI/c1-2-17-15(19-11-7-8-23(21,22)10-11)18-9-14(20)12-5-3-4-6-13(12)16;/h3-6,11,14,20H,2,7-10H2,1H3,(H2,17,18,19);1H. The summed E-state index contributed by atoms with van der Waals surface area (Å²) in [5.74, 6) is 0.190. The molecular weight excluding hydrogens is 448 g/mol. The lowest BCUT2D eigenvalue weighted by atomic mass is 10.1. The predicted molar refractivity (Wildman–Crippen MR) is 103 cm³/mol. The predicted octanol–water partition coefficient (Wildman–Crippen LogP) is 1.22. The van der Waals surface area contributed by atoms with Gasteiger partial charge in [0.2, 0.25) is 0 Å². The zero-order valence-electron chi connectivity index (χ0n) is 13.4. The third-order valence-electron chi connectivity index (χ3n) is 3.60. The summed E-state index contributed by atoms with van der Waals surface area (Å²) in [6, 6.07) is 5.82. The lowest BCUT2D eigenvalue weighted by molar-refractivity contribution is 0.182. The summed E-state index contributed by atoms with van der Waals surface area (Å²) in [4.78, 5) is 4.23. The number of rotatable bonds is 5. The zero-order chi connectivity index (χ0) is 16.9. The molecule has 0 aromatic heterocycles. The number of guanidine groups is 1. The number of nitrogens with one attached hydrogen (secondary N) is 2. The summed E-state index contributed by atoms with van der Waals surface area (Å²) >= 11 is 0. The number of aliphatic hydroxyl groups excluding tert-OH is 1. The fraction of sp³-hybridized carbons (Fsp3) is 0.533. The Labute approximate surface area is 158 Å². The maximum atomic E-state index is 13.6. The fourth-order valence-corrected chi connectivity index (χ4v) is 4.12. The highest BCUT2D eigenvalue weighted by atomic mass is 127. The Bertz CT molecular complexity index is 670. The number of benzene rings is 1. The number of sulfone groups is 1. The van der Waals surface area contributed by atoms with Gasteiger partial charge in [-0.1, -0.05) is 18.2 Å². The largest absolute Gasteiger partial charge is 0.386 e. The van der Waals surface area contributed by atoms with Gasteiger partial charge in [0.05, 0.1) is 18.1 Å². The lowest BCUT2D eigenvalue weighted by Gasteiger charge is -2.17. The molecule has 0 radical (unpaired) electrons. The molecule has 1 heterocycles. The van der Waals surface area contributed by atoms with E-state index in [-0.39, 0.29) is 53.6 Å². The van der Waals surface area contributed by atoms with Gasteiger partial charge in [0.25, 0.3) is 0 Å². The van der Waals surface area contributed by atoms with Gasteiger partial charge in [0.1, 0.15) is 11.9 Å².